The summed E-state index contributed by atoms with van der Waals surface area (Å²) in [6.45, 7) is 4.25. The van der Waals surface area contributed by atoms with Gasteiger partial charge in [-0.3, -0.25) is 4.98 Å². The van der Waals surface area contributed by atoms with Gasteiger partial charge in [-0.15, -0.1) is 0 Å². The minimum Gasteiger partial charge on any atom is -0.323 e. The quantitative estimate of drug-likeness (QED) is 0.711. The van der Waals surface area contributed by atoms with E-state index < -0.39 is 0 Å². The van der Waals surface area contributed by atoms with Crippen molar-refractivity contribution in [3.05, 3.63) is 29.6 Å². The number of aromatic nitrogens is 1. The van der Waals surface area contributed by atoms with Gasteiger partial charge in [-0.1, -0.05) is 45.1 Å². The zero-order chi connectivity index (χ0) is 11.8. The summed E-state index contributed by atoms with van der Waals surface area (Å²) in [5.74, 6) is 0. The lowest BCUT2D eigenvalue weighted by atomic mass is 10.0. The Morgan fingerprint density at radius 3 is 2.62 bits per heavy atom. The monoisotopic (exact) mass is 220 g/mol. The second-order valence-corrected chi connectivity index (χ2v) is 4.51. The number of nitrogens with two attached hydrogens (primary N) is 1. The lowest BCUT2D eigenvalue weighted by Crippen LogP contribution is -2.12. The molecule has 0 saturated heterocycles. The van der Waals surface area contributed by atoms with E-state index in [4.69, 9.17) is 5.73 Å². The molecule has 0 bridgehead atoms. The van der Waals surface area contributed by atoms with Gasteiger partial charge >= 0.3 is 0 Å². The van der Waals surface area contributed by atoms with Crippen LogP contribution in [0, 0.1) is 6.92 Å². The van der Waals surface area contributed by atoms with Crippen LogP contribution in [0.25, 0.3) is 0 Å². The molecule has 0 aromatic carbocycles. The Bertz CT molecular complexity index is 297. The van der Waals surface area contributed by atoms with Crippen molar-refractivity contribution in [2.75, 3.05) is 0 Å². The van der Waals surface area contributed by atoms with Gasteiger partial charge in [0.25, 0.3) is 0 Å². The second-order valence-electron chi connectivity index (χ2n) is 4.51. The summed E-state index contributed by atoms with van der Waals surface area (Å²) in [5.41, 5.74) is 8.21. The van der Waals surface area contributed by atoms with Crippen LogP contribution in [0.2, 0.25) is 0 Å². The van der Waals surface area contributed by atoms with Crippen LogP contribution in [0.4, 0.5) is 0 Å². The third-order valence-corrected chi connectivity index (χ3v) is 2.91. The molecule has 0 aliphatic carbocycles. The molecule has 0 saturated carbocycles. The van der Waals surface area contributed by atoms with E-state index in [9.17, 15) is 0 Å². The molecule has 1 atom stereocenters. The topological polar surface area (TPSA) is 38.9 Å². The lowest BCUT2D eigenvalue weighted by molar-refractivity contribution is 0.547. The third-order valence-electron chi connectivity index (χ3n) is 2.91. The van der Waals surface area contributed by atoms with Crippen molar-refractivity contribution < 1.29 is 0 Å². The maximum atomic E-state index is 6.12. The predicted octanol–water partition coefficient (Wildman–Crippen LogP) is 3.75. The van der Waals surface area contributed by atoms with Gasteiger partial charge in [0.15, 0.2) is 0 Å². The van der Waals surface area contributed by atoms with E-state index in [1.54, 1.807) is 0 Å². The van der Waals surface area contributed by atoms with E-state index in [1.165, 1.54) is 32.1 Å². The van der Waals surface area contributed by atoms with E-state index in [-0.39, 0.29) is 6.04 Å². The van der Waals surface area contributed by atoms with Crippen LogP contribution in [0.15, 0.2) is 18.2 Å². The van der Waals surface area contributed by atoms with Gasteiger partial charge in [-0.25, -0.2) is 0 Å². The summed E-state index contributed by atoms with van der Waals surface area (Å²) in [6, 6.07) is 6.19. The highest BCUT2D eigenvalue weighted by molar-refractivity contribution is 5.12. The van der Waals surface area contributed by atoms with Crippen LogP contribution in [-0.2, 0) is 0 Å². The summed E-state index contributed by atoms with van der Waals surface area (Å²) in [4.78, 5) is 4.46. The molecule has 1 rings (SSSR count). The molecule has 0 amide bonds. The van der Waals surface area contributed by atoms with Gasteiger partial charge in [0.2, 0.25) is 0 Å². The minimum atomic E-state index is 0.113. The highest BCUT2D eigenvalue weighted by Crippen LogP contribution is 2.16. The Morgan fingerprint density at radius 1 is 1.19 bits per heavy atom. The van der Waals surface area contributed by atoms with Crippen molar-refractivity contribution in [2.24, 2.45) is 5.73 Å². The summed E-state index contributed by atoms with van der Waals surface area (Å²) in [6.07, 6.45) is 7.55. The van der Waals surface area contributed by atoms with E-state index in [0.717, 1.165) is 17.8 Å². The van der Waals surface area contributed by atoms with Gasteiger partial charge in [-0.05, 0) is 25.5 Å². The largest absolute Gasteiger partial charge is 0.323 e. The van der Waals surface area contributed by atoms with Crippen molar-refractivity contribution in [3.8, 4) is 0 Å². The van der Waals surface area contributed by atoms with E-state index in [2.05, 4.69) is 11.9 Å². The van der Waals surface area contributed by atoms with Crippen molar-refractivity contribution >= 4 is 0 Å². The number of unbranched alkanes of at least 4 members (excludes halogenated alkanes) is 4. The highest BCUT2D eigenvalue weighted by atomic mass is 14.8. The Balaban J connectivity index is 2.27. The van der Waals surface area contributed by atoms with Crippen LogP contribution >= 0.6 is 0 Å². The third kappa shape index (κ3) is 4.75. The molecule has 1 aromatic rings. The summed E-state index contributed by atoms with van der Waals surface area (Å²) in [7, 11) is 0. The van der Waals surface area contributed by atoms with E-state index in [1.807, 2.05) is 25.1 Å². The molecule has 2 N–H and O–H groups in total. The molecule has 2 heteroatoms. The maximum absolute atomic E-state index is 6.12. The normalized spacial score (nSPS) is 12.7. The van der Waals surface area contributed by atoms with Crippen LogP contribution < -0.4 is 5.73 Å². The first-order valence-corrected chi connectivity index (χ1v) is 6.43. The molecule has 0 aliphatic rings. The fraction of sp³-hybridized carbons (Fsp3) is 0.643. The number of aryl methyl sites for hydroxylation is 1. The molecule has 16 heavy (non-hydrogen) atoms. The Hall–Kier alpha value is -0.890. The van der Waals surface area contributed by atoms with Crippen molar-refractivity contribution in [3.63, 3.8) is 0 Å². The molecular weight excluding hydrogens is 196 g/mol. The molecular formula is C14H24N2. The zero-order valence-corrected chi connectivity index (χ0v) is 10.6. The average Bonchev–Trinajstić information content (AvgIpc) is 2.28. The number of pyridine rings is 1. The van der Waals surface area contributed by atoms with Crippen LogP contribution in [0.5, 0.6) is 0 Å². The van der Waals surface area contributed by atoms with Crippen molar-refractivity contribution in [1.29, 1.82) is 0 Å². The maximum Gasteiger partial charge on any atom is 0.0574 e. The summed E-state index contributed by atoms with van der Waals surface area (Å²) in [5, 5.41) is 0. The first-order chi connectivity index (χ1) is 7.74. The van der Waals surface area contributed by atoms with Crippen LogP contribution in [-0.4, -0.2) is 4.98 Å². The number of hydrogen-bond acceptors (Lipinski definition) is 2. The fourth-order valence-corrected chi connectivity index (χ4v) is 1.89. The minimum absolute atomic E-state index is 0.113. The molecule has 0 spiro atoms. The standard InChI is InChI=1S/C14H24N2/c1-3-4-5-6-7-10-13(15)14-11-8-9-12(2)16-14/h8-9,11,13H,3-7,10,15H2,1-2H3. The van der Waals surface area contributed by atoms with Gasteiger partial charge in [0.05, 0.1) is 5.69 Å². The molecule has 1 aromatic heterocycles. The molecule has 2 nitrogen and oxygen atoms in total. The number of nitrogens with zero attached hydrogens (tertiary/aromatic N) is 1. The summed E-state index contributed by atoms with van der Waals surface area (Å²) < 4.78 is 0. The average molecular weight is 220 g/mol. The number of rotatable bonds is 7. The van der Waals surface area contributed by atoms with Gasteiger partial charge < -0.3 is 5.73 Å². The smallest absolute Gasteiger partial charge is 0.0574 e. The lowest BCUT2D eigenvalue weighted by Gasteiger charge is -2.11. The van der Waals surface area contributed by atoms with Crippen LogP contribution in [0.3, 0.4) is 0 Å². The van der Waals surface area contributed by atoms with E-state index >= 15 is 0 Å². The number of hydrogen-bond donors (Lipinski definition) is 1. The van der Waals surface area contributed by atoms with Crippen molar-refractivity contribution in [1.82, 2.24) is 4.98 Å². The van der Waals surface area contributed by atoms with E-state index in [0.29, 0.717) is 0 Å². The Labute approximate surface area is 99.3 Å². The highest BCUT2D eigenvalue weighted by Gasteiger charge is 2.06. The first kappa shape index (κ1) is 13.2. The predicted molar refractivity (Wildman–Crippen MR) is 69.3 cm³/mol. The second kappa shape index (κ2) is 7.39. The zero-order valence-electron chi connectivity index (χ0n) is 10.6. The molecule has 1 heterocycles. The molecule has 1 unspecified atom stereocenters. The van der Waals surface area contributed by atoms with Gasteiger partial charge in [0.1, 0.15) is 0 Å². The van der Waals surface area contributed by atoms with Gasteiger partial charge in [-0.2, -0.15) is 0 Å². The summed E-state index contributed by atoms with van der Waals surface area (Å²) >= 11 is 0. The Kier molecular flexibility index (Phi) is 6.09. The fourth-order valence-electron chi connectivity index (χ4n) is 1.89. The molecule has 0 radical (unpaired) electrons. The van der Waals surface area contributed by atoms with Gasteiger partial charge in [0, 0.05) is 11.7 Å². The van der Waals surface area contributed by atoms with Crippen LogP contribution in [0.1, 0.15) is 62.9 Å². The molecule has 90 valence electrons. The molecule has 0 aliphatic heterocycles. The van der Waals surface area contributed by atoms with Crippen molar-refractivity contribution in [2.45, 2.75) is 58.4 Å². The first-order valence-electron chi connectivity index (χ1n) is 6.43. The Morgan fingerprint density at radius 2 is 1.94 bits per heavy atom. The molecule has 0 fully saturated rings. The SMILES string of the molecule is CCCCCCCC(N)c1cccc(C)n1.